The summed E-state index contributed by atoms with van der Waals surface area (Å²) in [5, 5.41) is 6.17. The van der Waals surface area contributed by atoms with Crippen molar-refractivity contribution < 1.29 is 14.0 Å². The van der Waals surface area contributed by atoms with Gasteiger partial charge in [0.05, 0.1) is 5.52 Å². The Balaban J connectivity index is 1.33. The van der Waals surface area contributed by atoms with E-state index in [1.807, 2.05) is 13.8 Å². The number of carbonyl (C=O) groups excluding carboxylic acids is 2. The minimum absolute atomic E-state index is 0.00578. The number of nitrogens with one attached hydrogen (secondary N) is 2. The van der Waals surface area contributed by atoms with Gasteiger partial charge in [-0.05, 0) is 63.8 Å². The highest BCUT2D eigenvalue weighted by Crippen LogP contribution is 2.27. The van der Waals surface area contributed by atoms with E-state index in [4.69, 9.17) is 16.0 Å². The number of hydrogen-bond acceptors (Lipinski definition) is 5. The normalized spacial score (nSPS) is 18.6. The van der Waals surface area contributed by atoms with E-state index in [9.17, 15) is 14.4 Å². The molecule has 168 valence electrons. The largest absolute Gasteiger partial charge is 0.420 e. The Morgan fingerprint density at radius 3 is 2.59 bits per heavy atom. The molecule has 0 radical (unpaired) electrons. The third-order valence-corrected chi connectivity index (χ3v) is 5.99. The molecule has 3 aromatic rings. The van der Waals surface area contributed by atoms with Gasteiger partial charge in [-0.3, -0.25) is 14.2 Å². The number of oxazole rings is 1. The molecule has 0 unspecified atom stereocenters. The number of hydrogen-bond donors (Lipinski definition) is 2. The zero-order valence-electron chi connectivity index (χ0n) is 17.9. The molecule has 0 saturated heterocycles. The van der Waals surface area contributed by atoms with E-state index in [-0.39, 0.29) is 40.7 Å². The second kappa shape index (κ2) is 9.16. The Labute approximate surface area is 190 Å². The lowest BCUT2D eigenvalue weighted by Crippen LogP contribution is -2.39. The Kier molecular flexibility index (Phi) is 6.32. The summed E-state index contributed by atoms with van der Waals surface area (Å²) in [7, 11) is 0. The van der Waals surface area contributed by atoms with E-state index >= 15 is 0 Å². The minimum atomic E-state index is -0.410. The van der Waals surface area contributed by atoms with Crippen molar-refractivity contribution in [3.8, 4) is 0 Å². The highest BCUT2D eigenvalue weighted by Gasteiger charge is 2.28. The van der Waals surface area contributed by atoms with Crippen LogP contribution in [0.25, 0.3) is 11.1 Å². The summed E-state index contributed by atoms with van der Waals surface area (Å²) >= 11 is 5.85. The molecule has 0 atom stereocenters. The van der Waals surface area contributed by atoms with E-state index in [0.29, 0.717) is 42.5 Å². The maximum Gasteiger partial charge on any atom is 0.420 e. The number of carbonyl (C=O) groups is 2. The number of benzene rings is 1. The molecule has 2 heterocycles. The lowest BCUT2D eigenvalue weighted by Gasteiger charge is -2.28. The fourth-order valence-corrected chi connectivity index (χ4v) is 4.31. The average molecular weight is 457 g/mol. The number of pyridine rings is 1. The Morgan fingerprint density at radius 1 is 1.16 bits per heavy atom. The predicted octanol–water partition coefficient (Wildman–Crippen LogP) is 4.15. The van der Waals surface area contributed by atoms with Crippen molar-refractivity contribution in [1.82, 2.24) is 14.9 Å². The zero-order valence-corrected chi connectivity index (χ0v) is 18.7. The van der Waals surface area contributed by atoms with Crippen molar-refractivity contribution in [3.63, 3.8) is 0 Å². The number of amides is 2. The summed E-state index contributed by atoms with van der Waals surface area (Å²) in [4.78, 5) is 41.2. The van der Waals surface area contributed by atoms with Gasteiger partial charge in [0, 0.05) is 29.8 Å². The van der Waals surface area contributed by atoms with Gasteiger partial charge in [-0.15, -0.1) is 0 Å². The molecule has 8 nitrogen and oxygen atoms in total. The Morgan fingerprint density at radius 2 is 1.91 bits per heavy atom. The standard InChI is InChI=1S/C23H25ClN4O4/c1-13(2)28-18-11-10-16(12-19(18)32-23(28)31)26-21(29)14-6-8-15(9-7-14)25-22(30)17-4-3-5-20(24)27-17/h3-5,10-15H,6-9H2,1-2H3,(H,25,30)(H,26,29)/t14-,15+. The topological polar surface area (TPSA) is 106 Å². The fraction of sp³-hybridized carbons (Fsp3) is 0.391. The molecule has 1 aliphatic carbocycles. The molecular weight excluding hydrogens is 432 g/mol. The monoisotopic (exact) mass is 456 g/mol. The molecule has 2 amide bonds. The number of fused-ring (bicyclic) bond motifs is 1. The van der Waals surface area contributed by atoms with Gasteiger partial charge in [0.1, 0.15) is 10.8 Å². The smallest absolute Gasteiger partial charge is 0.408 e. The van der Waals surface area contributed by atoms with Crippen LogP contribution in [0, 0.1) is 5.92 Å². The van der Waals surface area contributed by atoms with E-state index in [0.717, 1.165) is 0 Å². The summed E-state index contributed by atoms with van der Waals surface area (Å²) in [5.74, 6) is -0.887. The highest BCUT2D eigenvalue weighted by molar-refractivity contribution is 6.29. The second-order valence-corrected chi connectivity index (χ2v) is 8.76. The van der Waals surface area contributed by atoms with E-state index in [2.05, 4.69) is 15.6 Å². The molecule has 9 heteroatoms. The molecule has 0 bridgehead atoms. The lowest BCUT2D eigenvalue weighted by molar-refractivity contribution is -0.120. The van der Waals surface area contributed by atoms with Crippen LogP contribution in [0.2, 0.25) is 5.15 Å². The molecule has 2 N–H and O–H groups in total. The summed E-state index contributed by atoms with van der Waals surface area (Å²) in [6, 6.07) is 10.1. The van der Waals surface area contributed by atoms with Crippen LogP contribution in [0.3, 0.4) is 0 Å². The molecule has 1 saturated carbocycles. The summed E-state index contributed by atoms with van der Waals surface area (Å²) < 4.78 is 6.90. The SMILES string of the molecule is CC(C)n1c(=O)oc2cc(NC(=O)[C@H]3CC[C@@H](NC(=O)c4cccc(Cl)n4)CC3)ccc21. The van der Waals surface area contributed by atoms with Crippen LogP contribution in [0.5, 0.6) is 0 Å². The maximum absolute atomic E-state index is 12.8. The van der Waals surface area contributed by atoms with Crippen molar-refractivity contribution in [3.05, 3.63) is 57.8 Å². The van der Waals surface area contributed by atoms with Crippen molar-refractivity contribution in [2.45, 2.75) is 51.6 Å². The third-order valence-electron chi connectivity index (χ3n) is 5.78. The van der Waals surface area contributed by atoms with Crippen LogP contribution in [0.15, 0.2) is 45.6 Å². The molecule has 4 rings (SSSR count). The molecular formula is C23H25ClN4O4. The molecule has 1 aromatic carbocycles. The van der Waals surface area contributed by atoms with Crippen LogP contribution in [0.4, 0.5) is 5.69 Å². The van der Waals surface area contributed by atoms with Crippen molar-refractivity contribution in [2.24, 2.45) is 5.92 Å². The number of nitrogens with zero attached hydrogens (tertiary/aromatic N) is 2. The van der Waals surface area contributed by atoms with E-state index in [1.54, 1.807) is 41.0 Å². The molecule has 1 fully saturated rings. The Hall–Kier alpha value is -3.13. The first-order chi connectivity index (χ1) is 15.3. The molecule has 32 heavy (non-hydrogen) atoms. The van der Waals surface area contributed by atoms with Crippen molar-refractivity contribution in [2.75, 3.05) is 5.32 Å². The average Bonchev–Trinajstić information content (AvgIpc) is 3.09. The number of anilines is 1. The Bertz CT molecular complexity index is 1210. The molecule has 2 aromatic heterocycles. The van der Waals surface area contributed by atoms with Gasteiger partial charge in [0.25, 0.3) is 5.91 Å². The fourth-order valence-electron chi connectivity index (χ4n) is 4.14. The summed E-state index contributed by atoms with van der Waals surface area (Å²) in [6.07, 6.45) is 2.74. The van der Waals surface area contributed by atoms with Crippen LogP contribution in [-0.4, -0.2) is 27.4 Å². The van der Waals surface area contributed by atoms with Crippen LogP contribution in [0.1, 0.15) is 56.1 Å². The first-order valence-electron chi connectivity index (χ1n) is 10.7. The summed E-state index contributed by atoms with van der Waals surface area (Å²) in [6.45, 7) is 3.83. The van der Waals surface area contributed by atoms with E-state index < -0.39 is 5.76 Å². The quantitative estimate of drug-likeness (QED) is 0.561. The molecule has 1 aliphatic rings. The summed E-state index contributed by atoms with van der Waals surface area (Å²) in [5.41, 5.74) is 2.02. The van der Waals surface area contributed by atoms with Crippen LogP contribution < -0.4 is 16.4 Å². The van der Waals surface area contributed by atoms with Gasteiger partial charge < -0.3 is 15.1 Å². The molecule has 0 spiro atoms. The number of aromatic nitrogens is 2. The van der Waals surface area contributed by atoms with Gasteiger partial charge in [-0.2, -0.15) is 0 Å². The first-order valence-corrected chi connectivity index (χ1v) is 11.1. The second-order valence-electron chi connectivity index (χ2n) is 8.37. The number of rotatable bonds is 5. The number of halogens is 1. The van der Waals surface area contributed by atoms with Gasteiger partial charge in [0.15, 0.2) is 5.58 Å². The van der Waals surface area contributed by atoms with Crippen molar-refractivity contribution in [1.29, 1.82) is 0 Å². The first kappa shape index (κ1) is 22.1. The molecule has 0 aliphatic heterocycles. The van der Waals surface area contributed by atoms with Gasteiger partial charge >= 0.3 is 5.76 Å². The highest BCUT2D eigenvalue weighted by atomic mass is 35.5. The predicted molar refractivity (Wildman–Crippen MR) is 122 cm³/mol. The lowest BCUT2D eigenvalue weighted by atomic mass is 9.85. The maximum atomic E-state index is 12.8. The van der Waals surface area contributed by atoms with E-state index in [1.165, 1.54) is 0 Å². The van der Waals surface area contributed by atoms with Gasteiger partial charge in [-0.1, -0.05) is 17.7 Å². The van der Waals surface area contributed by atoms with Gasteiger partial charge in [0.2, 0.25) is 5.91 Å². The van der Waals surface area contributed by atoms with Gasteiger partial charge in [-0.25, -0.2) is 9.78 Å². The zero-order chi connectivity index (χ0) is 22.8. The minimum Gasteiger partial charge on any atom is -0.408 e. The van der Waals surface area contributed by atoms with Crippen molar-refractivity contribution >= 4 is 40.2 Å². The third kappa shape index (κ3) is 4.70. The van der Waals surface area contributed by atoms with Crippen LogP contribution in [-0.2, 0) is 4.79 Å². The van der Waals surface area contributed by atoms with Crippen LogP contribution >= 0.6 is 11.6 Å².